The van der Waals surface area contributed by atoms with Gasteiger partial charge in [-0.05, 0) is 75.7 Å². The lowest BCUT2D eigenvalue weighted by atomic mass is 9.49. The highest BCUT2D eigenvalue weighted by Crippen LogP contribution is 2.60. The predicted molar refractivity (Wildman–Crippen MR) is 76.8 cm³/mol. The molecule has 1 N–H and O–H groups in total. The third kappa shape index (κ3) is 2.42. The number of carbonyl (C=O) groups is 1. The normalized spacial score (nSPS) is 41.3. The second-order valence-electron chi connectivity index (χ2n) is 7.62. The highest BCUT2D eigenvalue weighted by atomic mass is 16.2. The summed E-state index contributed by atoms with van der Waals surface area (Å²) in [6.07, 6.45) is 8.57. The molecule has 0 aromatic carbocycles. The van der Waals surface area contributed by atoms with Crippen molar-refractivity contribution in [1.29, 1.82) is 0 Å². The highest BCUT2D eigenvalue weighted by Gasteiger charge is 2.51. The number of nitrogens with zero attached hydrogens (tertiary/aromatic N) is 1. The van der Waals surface area contributed by atoms with Gasteiger partial charge in [0.05, 0.1) is 6.04 Å². The van der Waals surface area contributed by atoms with Gasteiger partial charge in [-0.1, -0.05) is 0 Å². The lowest BCUT2D eigenvalue weighted by Crippen LogP contribution is -2.53. The summed E-state index contributed by atoms with van der Waals surface area (Å²) >= 11 is 0. The van der Waals surface area contributed by atoms with Crippen LogP contribution in [0, 0.1) is 23.2 Å². The number of rotatable bonds is 4. The number of hydrogen-bond donors (Lipinski definition) is 1. The van der Waals surface area contributed by atoms with Gasteiger partial charge < -0.3 is 10.2 Å². The van der Waals surface area contributed by atoms with Gasteiger partial charge in [0.25, 0.3) is 0 Å². The molecule has 0 saturated heterocycles. The van der Waals surface area contributed by atoms with E-state index in [1.807, 2.05) is 25.9 Å². The molecule has 19 heavy (non-hydrogen) atoms. The summed E-state index contributed by atoms with van der Waals surface area (Å²) in [4.78, 5) is 14.3. The van der Waals surface area contributed by atoms with Crippen molar-refractivity contribution in [3.63, 3.8) is 0 Å². The molecular formula is C16H28N2O. The van der Waals surface area contributed by atoms with E-state index in [0.717, 1.165) is 24.3 Å². The van der Waals surface area contributed by atoms with Gasteiger partial charge in [-0.25, -0.2) is 0 Å². The number of carbonyl (C=O) groups excluding carboxylic acids is 1. The molecule has 0 radical (unpaired) electrons. The van der Waals surface area contributed by atoms with Crippen molar-refractivity contribution >= 4 is 5.91 Å². The lowest BCUT2D eigenvalue weighted by Gasteiger charge is -2.57. The first kappa shape index (κ1) is 13.4. The molecule has 3 nitrogen and oxygen atoms in total. The minimum Gasteiger partial charge on any atom is -0.344 e. The van der Waals surface area contributed by atoms with Crippen LogP contribution >= 0.6 is 0 Å². The summed E-state index contributed by atoms with van der Waals surface area (Å²) in [6, 6.07) is -0.0566. The van der Waals surface area contributed by atoms with E-state index in [4.69, 9.17) is 0 Å². The van der Waals surface area contributed by atoms with Crippen molar-refractivity contribution in [2.24, 2.45) is 23.2 Å². The second kappa shape index (κ2) is 4.76. The molecule has 0 aromatic heterocycles. The van der Waals surface area contributed by atoms with E-state index in [9.17, 15) is 4.79 Å². The molecule has 0 aliphatic heterocycles. The van der Waals surface area contributed by atoms with Crippen LogP contribution in [-0.2, 0) is 4.79 Å². The zero-order valence-corrected chi connectivity index (χ0v) is 12.6. The van der Waals surface area contributed by atoms with Gasteiger partial charge in [0, 0.05) is 13.6 Å². The molecule has 0 heterocycles. The van der Waals surface area contributed by atoms with E-state index < -0.39 is 0 Å². The fourth-order valence-corrected chi connectivity index (χ4v) is 5.52. The van der Waals surface area contributed by atoms with Gasteiger partial charge >= 0.3 is 0 Å². The Morgan fingerprint density at radius 3 is 2.11 bits per heavy atom. The minimum absolute atomic E-state index is 0.0566. The van der Waals surface area contributed by atoms with E-state index in [-0.39, 0.29) is 11.9 Å². The van der Waals surface area contributed by atoms with Crippen LogP contribution in [0.4, 0.5) is 0 Å². The molecule has 4 fully saturated rings. The molecule has 1 unspecified atom stereocenters. The maximum Gasteiger partial charge on any atom is 0.239 e. The van der Waals surface area contributed by atoms with Crippen LogP contribution in [0.1, 0.15) is 45.4 Å². The molecule has 1 amide bonds. The largest absolute Gasteiger partial charge is 0.344 e. The monoisotopic (exact) mass is 264 g/mol. The maximum atomic E-state index is 12.3. The third-order valence-corrected chi connectivity index (χ3v) is 5.92. The van der Waals surface area contributed by atoms with Gasteiger partial charge in [-0.3, -0.25) is 4.79 Å². The van der Waals surface area contributed by atoms with Crippen LogP contribution in [0.15, 0.2) is 0 Å². The van der Waals surface area contributed by atoms with Crippen LogP contribution in [0.5, 0.6) is 0 Å². The first-order valence-electron chi connectivity index (χ1n) is 7.93. The Morgan fingerprint density at radius 1 is 1.21 bits per heavy atom. The Hall–Kier alpha value is -0.570. The summed E-state index contributed by atoms with van der Waals surface area (Å²) in [7, 11) is 3.86. The van der Waals surface area contributed by atoms with E-state index in [2.05, 4.69) is 5.32 Å². The first-order valence-corrected chi connectivity index (χ1v) is 7.93. The summed E-state index contributed by atoms with van der Waals surface area (Å²) in [5.74, 6) is 3.16. The third-order valence-electron chi connectivity index (χ3n) is 5.92. The quantitative estimate of drug-likeness (QED) is 0.845. The zero-order chi connectivity index (χ0) is 13.6. The highest BCUT2D eigenvalue weighted by molar-refractivity contribution is 5.81. The second-order valence-corrected chi connectivity index (χ2v) is 7.62. The minimum atomic E-state index is -0.0566. The molecule has 1 atom stereocenters. The summed E-state index contributed by atoms with van der Waals surface area (Å²) in [5.41, 5.74) is 0.465. The summed E-state index contributed by atoms with van der Waals surface area (Å²) < 4.78 is 0. The van der Waals surface area contributed by atoms with Crippen molar-refractivity contribution in [3.8, 4) is 0 Å². The van der Waals surface area contributed by atoms with Crippen LogP contribution in [0.3, 0.4) is 0 Å². The van der Waals surface area contributed by atoms with Crippen molar-refractivity contribution < 1.29 is 4.79 Å². The summed E-state index contributed by atoms with van der Waals surface area (Å²) in [6.45, 7) is 2.94. The fraction of sp³-hybridized carbons (Fsp3) is 0.938. The van der Waals surface area contributed by atoms with Gasteiger partial charge in [-0.2, -0.15) is 0 Å². The van der Waals surface area contributed by atoms with Crippen molar-refractivity contribution in [2.45, 2.75) is 51.5 Å². The number of likely N-dealkylation sites (N-methyl/N-ethyl adjacent to an activating group) is 2. The zero-order valence-electron chi connectivity index (χ0n) is 12.6. The molecule has 4 rings (SSSR count). The number of amides is 1. The summed E-state index contributed by atoms with van der Waals surface area (Å²) in [5, 5.41) is 3.06. The molecule has 0 aromatic rings. The predicted octanol–water partition coefficient (Wildman–Crippen LogP) is 2.27. The Morgan fingerprint density at radius 2 is 1.68 bits per heavy atom. The van der Waals surface area contributed by atoms with E-state index in [1.54, 1.807) is 0 Å². The molecule has 4 saturated carbocycles. The molecule has 108 valence electrons. The Kier molecular flexibility index (Phi) is 3.36. The topological polar surface area (TPSA) is 32.3 Å². The number of hydrogen-bond acceptors (Lipinski definition) is 2. The molecule has 4 aliphatic rings. The van der Waals surface area contributed by atoms with Crippen LogP contribution < -0.4 is 5.32 Å². The standard InChI is InChI=1S/C16H28N2O/c1-11(17-2)15(19)18(3)10-16-7-12-4-13(8-16)6-14(5-12)9-16/h11-14,17H,4-10H2,1-3H3. The molecular weight excluding hydrogens is 236 g/mol. The average Bonchev–Trinajstić information content (AvgIpc) is 2.34. The van der Waals surface area contributed by atoms with Gasteiger partial charge in [0.2, 0.25) is 5.91 Å². The lowest BCUT2D eigenvalue weighted by molar-refractivity contribution is -0.137. The molecule has 4 bridgehead atoms. The van der Waals surface area contributed by atoms with Gasteiger partial charge in [-0.15, -0.1) is 0 Å². The smallest absolute Gasteiger partial charge is 0.239 e. The van der Waals surface area contributed by atoms with E-state index in [1.165, 1.54) is 38.5 Å². The maximum absolute atomic E-state index is 12.3. The van der Waals surface area contributed by atoms with Crippen molar-refractivity contribution in [3.05, 3.63) is 0 Å². The SMILES string of the molecule is CNC(C)C(=O)N(C)CC12CC3CC(CC(C3)C1)C2. The molecule has 4 aliphatic carbocycles. The fourth-order valence-electron chi connectivity index (χ4n) is 5.52. The molecule has 0 spiro atoms. The van der Waals surface area contributed by atoms with Crippen LogP contribution in [-0.4, -0.2) is 37.5 Å². The van der Waals surface area contributed by atoms with Gasteiger partial charge in [0.15, 0.2) is 0 Å². The molecule has 3 heteroatoms. The average molecular weight is 264 g/mol. The van der Waals surface area contributed by atoms with Crippen LogP contribution in [0.2, 0.25) is 0 Å². The van der Waals surface area contributed by atoms with Crippen molar-refractivity contribution in [2.75, 3.05) is 20.6 Å². The van der Waals surface area contributed by atoms with Crippen LogP contribution in [0.25, 0.3) is 0 Å². The van der Waals surface area contributed by atoms with Gasteiger partial charge in [0.1, 0.15) is 0 Å². The van der Waals surface area contributed by atoms with E-state index in [0.29, 0.717) is 5.41 Å². The van der Waals surface area contributed by atoms with Crippen molar-refractivity contribution in [1.82, 2.24) is 10.2 Å². The Bertz CT molecular complexity index is 330. The van der Waals surface area contributed by atoms with E-state index >= 15 is 0 Å². The number of nitrogens with one attached hydrogen (secondary N) is 1. The Labute approximate surface area is 117 Å². The Balaban J connectivity index is 1.67. The first-order chi connectivity index (χ1) is 9.01.